The number of hydrogen-bond donors (Lipinski definition) is 12. The SMILES string of the molecule is CC(C)C[C@H](NC(=O)[C@H]1CCCN1C(=O)[C@@]1(NC(=O)[C@@H](NC(=O)[C@H](CCCNC=O)NC(=O)[C@H](CC(C)C)NC(=O)[C@H]2CCCN2)C(C)C)C[C@H]1c1ccccc1)C(=O)N[C@@H](CCCNC=O)C(=O)N[C@H](C(=O)N[C@]1(C(=O)O)C[C@H]1c1ccccc1)C(C)C. The number of nitrogens with one attached hydrogen (secondary N) is 11. The number of amides is 11. The molecule has 2 heterocycles. The maximum absolute atomic E-state index is 15.3. The Labute approximate surface area is 521 Å². The van der Waals surface area contributed by atoms with Crippen LogP contribution in [-0.2, 0) is 57.5 Å². The first kappa shape index (κ1) is 70.1. The molecule has 89 heavy (non-hydrogen) atoms. The van der Waals surface area contributed by atoms with E-state index in [0.29, 0.717) is 32.2 Å². The molecule has 4 fully saturated rings. The lowest BCUT2D eigenvalue weighted by molar-refractivity contribution is -0.144. The lowest BCUT2D eigenvalue weighted by Gasteiger charge is -2.33. The van der Waals surface area contributed by atoms with Crippen LogP contribution in [0.5, 0.6) is 0 Å². The second kappa shape index (κ2) is 32.5. The van der Waals surface area contributed by atoms with Gasteiger partial charge in [0, 0.05) is 31.5 Å². The molecule has 0 bridgehead atoms. The molecule has 0 unspecified atom stereocenters. The van der Waals surface area contributed by atoms with E-state index >= 15 is 4.79 Å². The highest BCUT2D eigenvalue weighted by atomic mass is 16.4. The Bertz CT molecular complexity index is 2820. The normalized spacial score (nSPS) is 22.9. The third-order valence-electron chi connectivity index (χ3n) is 17.2. The van der Waals surface area contributed by atoms with E-state index < -0.39 is 136 Å². The molecule has 25 heteroatoms. The van der Waals surface area contributed by atoms with Crippen LogP contribution in [-0.4, -0.2) is 168 Å². The molecule has 2 saturated heterocycles. The predicted octanol–water partition coefficient (Wildman–Crippen LogP) is 1.26. The average Bonchev–Trinajstić information content (AvgIpc) is 1.57. The van der Waals surface area contributed by atoms with Gasteiger partial charge >= 0.3 is 5.97 Å². The van der Waals surface area contributed by atoms with Crippen LogP contribution in [0.25, 0.3) is 0 Å². The highest BCUT2D eigenvalue weighted by molar-refractivity contribution is 6.02. The number of carboxylic acids is 1. The standard InChI is InChI=1S/C64H94N12O13/c1-37(2)31-48(70-53(79)45-23-17-29-67-45)56(82)68-46(24-15-27-65-35-77)54(80)72-51(39(5)6)59(85)74-63(33-43(63)41-19-11-9-12-20-41)61(87)76-30-18-26-50(76)58(84)71-49(32-38(3)4)57(83)69-47(25-16-28-66-36-78)55(81)73-52(40(7)8)60(86)75-64(62(88)89)34-44(64)42-21-13-10-14-22-42/h9-14,19-22,35-40,43-52,67H,15-18,23-34H2,1-8H3,(H,65,77)(H,66,78)(H,68,82)(H,69,83)(H,70,79)(H,71,84)(H,72,80)(H,73,81)(H,74,85)(H,75,86)(H,88,89)/t43-,44-,45+,46-,47-,48-,49-,50+,51-,52-,63+,64+/m0/s1. The van der Waals surface area contributed by atoms with Gasteiger partial charge in [-0.3, -0.25) is 52.7 Å². The monoisotopic (exact) mass is 1240 g/mol. The summed E-state index contributed by atoms with van der Waals surface area (Å²) in [6.07, 6.45) is 4.20. The highest BCUT2D eigenvalue weighted by Crippen LogP contribution is 2.54. The van der Waals surface area contributed by atoms with Crippen molar-refractivity contribution in [1.29, 1.82) is 0 Å². The smallest absolute Gasteiger partial charge is 0.330 e. The molecule has 2 aromatic rings. The molecule has 2 aromatic carbocycles. The van der Waals surface area contributed by atoms with Gasteiger partial charge < -0.3 is 68.5 Å². The summed E-state index contributed by atoms with van der Waals surface area (Å²) in [6.45, 7) is 15.4. The lowest BCUT2D eigenvalue weighted by atomic mass is 9.99. The minimum absolute atomic E-state index is 0.0133. The summed E-state index contributed by atoms with van der Waals surface area (Å²) in [7, 11) is 0. The zero-order valence-corrected chi connectivity index (χ0v) is 52.6. The first-order valence-corrected chi connectivity index (χ1v) is 31.6. The number of nitrogens with zero attached hydrogens (tertiary/aromatic N) is 1. The van der Waals surface area contributed by atoms with Gasteiger partial charge in [-0.1, -0.05) is 116 Å². The zero-order valence-electron chi connectivity index (χ0n) is 52.6. The fraction of sp³-hybridized carbons (Fsp3) is 0.625. The van der Waals surface area contributed by atoms with E-state index in [0.717, 1.165) is 17.5 Å². The van der Waals surface area contributed by atoms with Crippen molar-refractivity contribution < 1.29 is 62.6 Å². The summed E-state index contributed by atoms with van der Waals surface area (Å²) in [6, 6.07) is 9.24. The molecule has 4 aliphatic rings. The first-order chi connectivity index (χ1) is 42.4. The van der Waals surface area contributed by atoms with Crippen LogP contribution in [0.4, 0.5) is 0 Å². The number of rotatable bonds is 36. The van der Waals surface area contributed by atoms with Crippen LogP contribution in [0, 0.1) is 23.7 Å². The van der Waals surface area contributed by atoms with Crippen LogP contribution < -0.4 is 58.5 Å². The van der Waals surface area contributed by atoms with E-state index in [4.69, 9.17) is 0 Å². The van der Waals surface area contributed by atoms with E-state index in [9.17, 15) is 57.8 Å². The van der Waals surface area contributed by atoms with E-state index in [1.165, 1.54) is 4.90 Å². The fourth-order valence-corrected chi connectivity index (χ4v) is 12.1. The van der Waals surface area contributed by atoms with Gasteiger partial charge in [-0.25, -0.2) is 4.79 Å². The number of carboxylic acid groups (broad SMARTS) is 1. The summed E-state index contributed by atoms with van der Waals surface area (Å²) < 4.78 is 0. The van der Waals surface area contributed by atoms with E-state index in [2.05, 4.69) is 58.5 Å². The molecule has 488 valence electrons. The summed E-state index contributed by atoms with van der Waals surface area (Å²) in [4.78, 5) is 166. The number of benzene rings is 2. The predicted molar refractivity (Wildman–Crippen MR) is 330 cm³/mol. The van der Waals surface area contributed by atoms with Crippen LogP contribution in [0.2, 0.25) is 0 Å². The third-order valence-corrected chi connectivity index (χ3v) is 17.2. The van der Waals surface area contributed by atoms with Gasteiger partial charge in [-0.15, -0.1) is 0 Å². The Kier molecular flexibility index (Phi) is 25.6. The Morgan fingerprint density at radius 1 is 0.551 bits per heavy atom. The molecule has 0 spiro atoms. The van der Waals surface area contributed by atoms with Crippen molar-refractivity contribution in [3.05, 3.63) is 71.8 Å². The number of likely N-dealkylation sites (tertiary alicyclic amines) is 1. The summed E-state index contributed by atoms with van der Waals surface area (Å²) in [5.74, 6) is -9.33. The van der Waals surface area contributed by atoms with Crippen molar-refractivity contribution in [2.45, 2.75) is 204 Å². The summed E-state index contributed by atoms with van der Waals surface area (Å²) >= 11 is 0. The van der Waals surface area contributed by atoms with Gasteiger partial charge in [0.05, 0.1) is 6.04 Å². The molecule has 11 amide bonds. The molecule has 6 rings (SSSR count). The molecular formula is C64H94N12O13. The maximum Gasteiger partial charge on any atom is 0.330 e. The van der Waals surface area contributed by atoms with Gasteiger partial charge in [0.1, 0.15) is 53.4 Å². The van der Waals surface area contributed by atoms with Gasteiger partial charge in [-0.2, -0.15) is 0 Å². The molecule has 25 nitrogen and oxygen atoms in total. The van der Waals surface area contributed by atoms with Gasteiger partial charge in [0.2, 0.25) is 66.0 Å². The van der Waals surface area contributed by atoms with Crippen LogP contribution >= 0.6 is 0 Å². The number of carbonyl (C=O) groups excluding carboxylic acids is 11. The topological polar surface area (TPSA) is 361 Å². The maximum atomic E-state index is 15.3. The molecule has 12 atom stereocenters. The van der Waals surface area contributed by atoms with E-state index in [1.54, 1.807) is 70.2 Å². The number of hydrogen-bond acceptors (Lipinski definition) is 13. The Balaban J connectivity index is 1.18. The molecular weight excluding hydrogens is 1140 g/mol. The van der Waals surface area contributed by atoms with Crippen molar-refractivity contribution in [3.63, 3.8) is 0 Å². The molecule has 12 N–H and O–H groups in total. The Morgan fingerprint density at radius 2 is 0.989 bits per heavy atom. The van der Waals surface area contributed by atoms with E-state index in [1.807, 2.05) is 45.9 Å². The zero-order chi connectivity index (χ0) is 65.2. The van der Waals surface area contributed by atoms with Crippen molar-refractivity contribution in [2.75, 3.05) is 26.2 Å². The number of carbonyl (C=O) groups is 12. The summed E-state index contributed by atoms with van der Waals surface area (Å²) in [5, 5.41) is 41.1. The fourth-order valence-electron chi connectivity index (χ4n) is 12.1. The largest absolute Gasteiger partial charge is 0.479 e. The number of aliphatic carboxylic acids is 1. The Hall–Kier alpha value is -7.96. The molecule has 2 aliphatic carbocycles. The van der Waals surface area contributed by atoms with E-state index in [-0.39, 0.29) is 95.2 Å². The minimum atomic E-state index is -1.60. The Morgan fingerprint density at radius 3 is 1.42 bits per heavy atom. The molecule has 2 saturated carbocycles. The highest BCUT2D eigenvalue weighted by Gasteiger charge is 2.65. The van der Waals surface area contributed by atoms with Crippen LogP contribution in [0.1, 0.15) is 155 Å². The van der Waals surface area contributed by atoms with Gasteiger partial charge in [-0.05, 0) is 118 Å². The lowest BCUT2D eigenvalue weighted by Crippen LogP contribution is -2.62. The molecule has 0 radical (unpaired) electrons. The second-order valence-electron chi connectivity index (χ2n) is 25.8. The van der Waals surface area contributed by atoms with Crippen molar-refractivity contribution >= 4 is 72.0 Å². The third kappa shape index (κ3) is 18.8. The van der Waals surface area contributed by atoms with Crippen molar-refractivity contribution in [3.8, 4) is 0 Å². The minimum Gasteiger partial charge on any atom is -0.479 e. The van der Waals surface area contributed by atoms with Crippen molar-refractivity contribution in [1.82, 2.24) is 63.4 Å². The first-order valence-electron chi connectivity index (χ1n) is 31.6. The van der Waals surface area contributed by atoms with Gasteiger partial charge in [0.25, 0.3) is 0 Å². The van der Waals surface area contributed by atoms with Crippen LogP contribution in [0.15, 0.2) is 60.7 Å². The quantitative estimate of drug-likeness (QED) is 0.0338. The van der Waals surface area contributed by atoms with Crippen LogP contribution in [0.3, 0.4) is 0 Å². The second-order valence-corrected chi connectivity index (χ2v) is 25.8. The summed E-state index contributed by atoms with van der Waals surface area (Å²) in [5.41, 5.74) is -1.71. The van der Waals surface area contributed by atoms with Gasteiger partial charge in [0.15, 0.2) is 0 Å². The van der Waals surface area contributed by atoms with Crippen molar-refractivity contribution in [2.24, 2.45) is 23.7 Å². The molecule has 0 aromatic heterocycles. The molecule has 2 aliphatic heterocycles. The average molecular weight is 1240 g/mol.